The van der Waals surface area contributed by atoms with Crippen LogP contribution >= 0.6 is 0 Å². The summed E-state index contributed by atoms with van der Waals surface area (Å²) in [6.45, 7) is -0.310. The molecule has 0 rings (SSSR count). The van der Waals surface area contributed by atoms with E-state index < -0.39 is 27.8 Å². The Hall–Kier alpha value is -0.660. The van der Waals surface area contributed by atoms with Gasteiger partial charge in [-0.15, -0.1) is 0 Å². The maximum Gasteiger partial charge on any atom is 0.308 e. The minimum atomic E-state index is -4.24. The predicted octanol–water partition coefficient (Wildman–Crippen LogP) is -1.47. The summed E-state index contributed by atoms with van der Waals surface area (Å²) in [4.78, 5) is 10.2. The zero-order valence-electron chi connectivity index (χ0n) is 5.60. The molecule has 11 heavy (non-hydrogen) atoms. The van der Waals surface area contributed by atoms with Gasteiger partial charge in [-0.3, -0.25) is 9.35 Å². The second-order valence-electron chi connectivity index (χ2n) is 2.02. The van der Waals surface area contributed by atoms with Crippen molar-refractivity contribution in [2.24, 2.45) is 11.7 Å². The van der Waals surface area contributed by atoms with E-state index in [9.17, 15) is 13.2 Å². The van der Waals surface area contributed by atoms with E-state index in [0.717, 1.165) is 0 Å². The maximum absolute atomic E-state index is 10.2. The van der Waals surface area contributed by atoms with Gasteiger partial charge in [0.2, 0.25) is 0 Å². The van der Waals surface area contributed by atoms with E-state index in [0.29, 0.717) is 0 Å². The Morgan fingerprint density at radius 2 is 2.00 bits per heavy atom. The van der Waals surface area contributed by atoms with Gasteiger partial charge in [0.05, 0.1) is 11.7 Å². The summed E-state index contributed by atoms with van der Waals surface area (Å²) < 4.78 is 28.5. The highest BCUT2D eigenvalue weighted by Crippen LogP contribution is 1.98. The van der Waals surface area contributed by atoms with Crippen molar-refractivity contribution in [1.29, 1.82) is 0 Å². The lowest BCUT2D eigenvalue weighted by atomic mass is 10.2. The third kappa shape index (κ3) is 4.71. The van der Waals surface area contributed by atoms with Crippen LogP contribution in [-0.4, -0.2) is 36.3 Å². The molecule has 0 fully saturated rings. The monoisotopic (exact) mass is 183 g/mol. The molecule has 6 nitrogen and oxygen atoms in total. The minimum absolute atomic E-state index is 0.310. The maximum atomic E-state index is 10.2. The number of nitrogens with two attached hydrogens (primary N) is 1. The van der Waals surface area contributed by atoms with Gasteiger partial charge >= 0.3 is 5.97 Å². The second kappa shape index (κ2) is 3.65. The van der Waals surface area contributed by atoms with Crippen molar-refractivity contribution in [2.75, 3.05) is 12.3 Å². The van der Waals surface area contributed by atoms with Gasteiger partial charge in [-0.1, -0.05) is 0 Å². The lowest BCUT2D eigenvalue weighted by Crippen LogP contribution is -2.30. The Balaban J connectivity index is 4.22. The molecule has 0 aromatic heterocycles. The Labute approximate surface area is 63.8 Å². The van der Waals surface area contributed by atoms with E-state index in [2.05, 4.69) is 0 Å². The van der Waals surface area contributed by atoms with Crippen molar-refractivity contribution in [3.8, 4) is 0 Å². The molecule has 0 bridgehead atoms. The fraction of sp³-hybridized carbons (Fsp3) is 0.750. The van der Waals surface area contributed by atoms with Gasteiger partial charge < -0.3 is 10.8 Å². The zero-order valence-corrected chi connectivity index (χ0v) is 6.41. The van der Waals surface area contributed by atoms with E-state index in [1.807, 2.05) is 0 Å². The number of hydrogen-bond acceptors (Lipinski definition) is 4. The first-order valence-electron chi connectivity index (χ1n) is 2.75. The molecule has 4 N–H and O–H groups in total. The van der Waals surface area contributed by atoms with E-state index in [-0.39, 0.29) is 6.54 Å². The summed E-state index contributed by atoms with van der Waals surface area (Å²) in [5.74, 6) is -3.39. The van der Waals surface area contributed by atoms with Crippen molar-refractivity contribution in [3.63, 3.8) is 0 Å². The van der Waals surface area contributed by atoms with E-state index in [4.69, 9.17) is 15.4 Å². The van der Waals surface area contributed by atoms with Crippen molar-refractivity contribution < 1.29 is 22.9 Å². The molecule has 0 amide bonds. The van der Waals surface area contributed by atoms with Crippen LogP contribution in [0.25, 0.3) is 0 Å². The van der Waals surface area contributed by atoms with Crippen molar-refractivity contribution in [2.45, 2.75) is 0 Å². The van der Waals surface area contributed by atoms with Crippen molar-refractivity contribution in [3.05, 3.63) is 0 Å². The summed E-state index contributed by atoms with van der Waals surface area (Å²) >= 11 is 0. The fourth-order valence-electron chi connectivity index (χ4n) is 0.494. The molecule has 0 aromatic carbocycles. The average Bonchev–Trinajstić information content (AvgIpc) is 1.80. The number of carbonyl (C=O) groups is 1. The zero-order chi connectivity index (χ0) is 9.07. The van der Waals surface area contributed by atoms with Gasteiger partial charge in [0.15, 0.2) is 0 Å². The molecule has 0 radical (unpaired) electrons. The number of carboxylic acids is 1. The van der Waals surface area contributed by atoms with Crippen LogP contribution < -0.4 is 5.73 Å². The molecule has 0 saturated heterocycles. The normalized spacial score (nSPS) is 14.4. The van der Waals surface area contributed by atoms with Crippen LogP contribution in [0.1, 0.15) is 0 Å². The molecule has 0 spiro atoms. The molecule has 66 valence electrons. The summed E-state index contributed by atoms with van der Waals surface area (Å²) in [5.41, 5.74) is 4.92. The van der Waals surface area contributed by atoms with Crippen LogP contribution in [0.15, 0.2) is 0 Å². The van der Waals surface area contributed by atoms with Crippen LogP contribution in [0.4, 0.5) is 0 Å². The Morgan fingerprint density at radius 3 is 2.09 bits per heavy atom. The molecule has 7 heteroatoms. The van der Waals surface area contributed by atoms with Crippen LogP contribution in [-0.2, 0) is 14.9 Å². The second-order valence-corrected chi connectivity index (χ2v) is 3.52. The summed E-state index contributed by atoms with van der Waals surface area (Å²) in [6, 6.07) is 0. The van der Waals surface area contributed by atoms with Gasteiger partial charge in [-0.25, -0.2) is 0 Å². The van der Waals surface area contributed by atoms with E-state index >= 15 is 0 Å². The standard InChI is InChI=1S/C4H9NO5S/c5-1-3(4(6)7)2-11(8,9)10/h3H,1-2,5H2,(H,6,7)(H,8,9,10). The molecule has 0 aliphatic heterocycles. The molecule has 1 unspecified atom stereocenters. The third-order valence-corrected chi connectivity index (χ3v) is 1.87. The predicted molar refractivity (Wildman–Crippen MR) is 36.6 cm³/mol. The molecule has 1 atom stereocenters. The largest absolute Gasteiger partial charge is 0.481 e. The first-order valence-corrected chi connectivity index (χ1v) is 4.35. The van der Waals surface area contributed by atoms with E-state index in [1.165, 1.54) is 0 Å². The minimum Gasteiger partial charge on any atom is -0.481 e. The quantitative estimate of drug-likeness (QED) is 0.458. The van der Waals surface area contributed by atoms with Crippen LogP contribution in [0.5, 0.6) is 0 Å². The van der Waals surface area contributed by atoms with Gasteiger partial charge in [0, 0.05) is 6.54 Å². The SMILES string of the molecule is NCC(CS(=O)(=O)O)C(=O)O. The highest BCUT2D eigenvalue weighted by Gasteiger charge is 2.21. The topological polar surface area (TPSA) is 118 Å². The van der Waals surface area contributed by atoms with E-state index in [1.54, 1.807) is 0 Å². The first kappa shape index (κ1) is 10.3. The van der Waals surface area contributed by atoms with Crippen LogP contribution in [0.2, 0.25) is 0 Å². The van der Waals surface area contributed by atoms with Gasteiger partial charge in [-0.05, 0) is 0 Å². The first-order chi connectivity index (χ1) is 4.87. The molecular weight excluding hydrogens is 174 g/mol. The average molecular weight is 183 g/mol. The summed E-state index contributed by atoms with van der Waals surface area (Å²) in [5, 5.41) is 8.28. The molecule has 0 heterocycles. The third-order valence-electron chi connectivity index (χ3n) is 1.05. The van der Waals surface area contributed by atoms with Gasteiger partial charge in [0.1, 0.15) is 0 Å². The summed E-state index contributed by atoms with van der Waals surface area (Å²) in [6.07, 6.45) is 0. The summed E-state index contributed by atoms with van der Waals surface area (Å²) in [7, 11) is -4.24. The van der Waals surface area contributed by atoms with Crippen molar-refractivity contribution in [1.82, 2.24) is 0 Å². The molecule has 0 aliphatic carbocycles. The van der Waals surface area contributed by atoms with Gasteiger partial charge in [-0.2, -0.15) is 8.42 Å². The number of hydrogen-bond donors (Lipinski definition) is 3. The smallest absolute Gasteiger partial charge is 0.308 e. The Morgan fingerprint density at radius 1 is 1.55 bits per heavy atom. The molecule has 0 saturated carbocycles. The lowest BCUT2D eigenvalue weighted by molar-refractivity contribution is -0.140. The molecule has 0 aromatic rings. The highest BCUT2D eigenvalue weighted by atomic mass is 32.2. The van der Waals surface area contributed by atoms with Gasteiger partial charge in [0.25, 0.3) is 10.1 Å². The van der Waals surface area contributed by atoms with Crippen LogP contribution in [0, 0.1) is 5.92 Å². The lowest BCUT2D eigenvalue weighted by Gasteiger charge is -2.05. The number of carboxylic acid groups (broad SMARTS) is 1. The highest BCUT2D eigenvalue weighted by molar-refractivity contribution is 7.85. The number of rotatable bonds is 4. The van der Waals surface area contributed by atoms with Crippen LogP contribution in [0.3, 0.4) is 0 Å². The Kier molecular flexibility index (Phi) is 3.43. The molecular formula is C4H9NO5S. The number of aliphatic carboxylic acids is 1. The Bertz CT molecular complexity index is 233. The molecule has 0 aliphatic rings. The van der Waals surface area contributed by atoms with Crippen molar-refractivity contribution >= 4 is 16.1 Å². The fourth-order valence-corrected chi connectivity index (χ4v) is 1.28.